The molecule has 3 aromatic rings. The third-order valence-electron chi connectivity index (χ3n) is 5.58. The summed E-state index contributed by atoms with van der Waals surface area (Å²) >= 11 is 0. The van der Waals surface area contributed by atoms with Crippen molar-refractivity contribution in [1.29, 1.82) is 0 Å². The molecule has 1 saturated heterocycles. The number of aliphatic hydroxyl groups is 1. The van der Waals surface area contributed by atoms with Crippen LogP contribution in [0.4, 0.5) is 4.39 Å². The Morgan fingerprint density at radius 3 is 2.41 bits per heavy atom. The highest BCUT2D eigenvalue weighted by atomic mass is 32.2. The minimum absolute atomic E-state index is 0.101. The van der Waals surface area contributed by atoms with Crippen molar-refractivity contribution in [1.82, 2.24) is 14.7 Å². The van der Waals surface area contributed by atoms with Gasteiger partial charge in [0.1, 0.15) is 23.0 Å². The summed E-state index contributed by atoms with van der Waals surface area (Å²) < 4.78 is 49.3. The topological polar surface area (TPSA) is 114 Å². The second-order valence-corrected chi connectivity index (χ2v) is 10.2. The molecule has 2 unspecified atom stereocenters. The van der Waals surface area contributed by atoms with Crippen molar-refractivity contribution in [3.8, 4) is 11.1 Å². The number of ether oxygens (including phenoxy) is 1. The van der Waals surface area contributed by atoms with Gasteiger partial charge in [0.25, 0.3) is 6.02 Å². The van der Waals surface area contributed by atoms with Crippen molar-refractivity contribution in [3.63, 3.8) is 0 Å². The number of nitrogens with zero attached hydrogens (tertiary/aromatic N) is 3. The van der Waals surface area contributed by atoms with Gasteiger partial charge < -0.3 is 9.84 Å². The average molecular weight is 485 g/mol. The van der Waals surface area contributed by atoms with Gasteiger partial charge in [0.15, 0.2) is 0 Å². The fourth-order valence-corrected chi connectivity index (χ4v) is 5.87. The highest BCUT2D eigenvalue weighted by Gasteiger charge is 2.48. The van der Waals surface area contributed by atoms with E-state index in [4.69, 9.17) is 4.74 Å². The van der Waals surface area contributed by atoms with Crippen LogP contribution >= 0.6 is 0 Å². The third kappa shape index (κ3) is 4.92. The molecule has 2 N–H and O–H groups in total. The lowest BCUT2D eigenvalue weighted by molar-refractivity contribution is 0.0758. The Bertz CT molecular complexity index is 1280. The maximum absolute atomic E-state index is 14.3. The summed E-state index contributed by atoms with van der Waals surface area (Å²) in [4.78, 5) is 12.3. The lowest BCUT2D eigenvalue weighted by atomic mass is 9.96. The zero-order valence-corrected chi connectivity index (χ0v) is 19.5. The summed E-state index contributed by atoms with van der Waals surface area (Å²) in [7, 11) is -3.95. The van der Waals surface area contributed by atoms with Gasteiger partial charge in [-0.2, -0.15) is 0 Å². The fraction of sp³-hybridized carbons (Fsp3) is 0.292. The molecule has 2 heterocycles. The Hall–Kier alpha value is -3.37. The van der Waals surface area contributed by atoms with E-state index in [9.17, 15) is 17.9 Å². The zero-order chi connectivity index (χ0) is 24.3. The van der Waals surface area contributed by atoms with Crippen LogP contribution in [0.3, 0.4) is 0 Å². The molecule has 0 amide bonds. The number of aromatic nitrogens is 2. The lowest BCUT2D eigenvalue weighted by Gasteiger charge is -2.39. The molecule has 0 spiro atoms. The van der Waals surface area contributed by atoms with Crippen molar-refractivity contribution in [2.75, 3.05) is 6.61 Å². The number of nitrogens with one attached hydrogen (secondary N) is 1. The Kier molecular flexibility index (Phi) is 6.63. The second kappa shape index (κ2) is 9.47. The largest absolute Gasteiger partial charge is 0.457 e. The summed E-state index contributed by atoms with van der Waals surface area (Å²) in [5, 5.41) is 8.42. The first-order valence-corrected chi connectivity index (χ1v) is 12.2. The molecule has 4 rings (SSSR count). The number of rotatable bonds is 6. The van der Waals surface area contributed by atoms with E-state index < -0.39 is 32.7 Å². The van der Waals surface area contributed by atoms with Crippen molar-refractivity contribution in [3.05, 3.63) is 84.2 Å². The minimum atomic E-state index is -3.95. The smallest absolute Gasteiger partial charge is 0.299 e. The molecule has 0 aliphatic carbocycles. The van der Waals surface area contributed by atoms with Crippen LogP contribution in [0.25, 0.3) is 11.1 Å². The van der Waals surface area contributed by atoms with Gasteiger partial charge in [-0.25, -0.2) is 32.5 Å². The molecule has 1 aromatic heterocycles. The third-order valence-corrected chi connectivity index (χ3v) is 7.50. The fourth-order valence-electron chi connectivity index (χ4n) is 4.11. The second-order valence-electron chi connectivity index (χ2n) is 8.47. The maximum Gasteiger partial charge on any atom is 0.299 e. The van der Waals surface area contributed by atoms with Crippen molar-refractivity contribution >= 4 is 16.0 Å². The van der Waals surface area contributed by atoms with Crippen molar-refractivity contribution in [2.45, 2.75) is 37.2 Å². The molecule has 2 atom stereocenters. The van der Waals surface area contributed by atoms with Crippen LogP contribution in [-0.4, -0.2) is 41.7 Å². The number of aliphatic imine (C=N–C) groups is 1. The first kappa shape index (κ1) is 23.8. The number of aliphatic hydroxyl groups excluding tert-OH is 1. The van der Waals surface area contributed by atoms with E-state index in [0.717, 1.165) is 11.1 Å². The van der Waals surface area contributed by atoms with Crippen molar-refractivity contribution < 1.29 is 22.7 Å². The van der Waals surface area contributed by atoms with E-state index in [1.807, 2.05) is 0 Å². The van der Waals surface area contributed by atoms with E-state index in [2.05, 4.69) is 19.7 Å². The van der Waals surface area contributed by atoms with E-state index in [0.29, 0.717) is 5.56 Å². The summed E-state index contributed by atoms with van der Waals surface area (Å²) in [6.45, 7) is 3.07. The molecule has 1 aliphatic rings. The van der Waals surface area contributed by atoms with E-state index >= 15 is 0 Å². The summed E-state index contributed by atoms with van der Waals surface area (Å²) in [6.07, 6.45) is 4.89. The van der Waals surface area contributed by atoms with Crippen LogP contribution in [0.2, 0.25) is 0 Å². The Morgan fingerprint density at radius 2 is 1.79 bits per heavy atom. The first-order valence-electron chi connectivity index (χ1n) is 10.7. The van der Waals surface area contributed by atoms with Crippen LogP contribution in [0.15, 0.2) is 72.2 Å². The molecular weight excluding hydrogens is 459 g/mol. The number of benzene rings is 2. The maximum atomic E-state index is 14.3. The minimum Gasteiger partial charge on any atom is -0.457 e. The summed E-state index contributed by atoms with van der Waals surface area (Å²) in [5.41, 5.74) is 1.26. The van der Waals surface area contributed by atoms with E-state index in [1.165, 1.54) is 12.4 Å². The molecule has 10 heteroatoms. The molecule has 2 aromatic carbocycles. The van der Waals surface area contributed by atoms with Gasteiger partial charge in [0.2, 0.25) is 10.0 Å². The van der Waals surface area contributed by atoms with Gasteiger partial charge in [0, 0.05) is 30.1 Å². The summed E-state index contributed by atoms with van der Waals surface area (Å²) in [5.74, 6) is -0.495. The molecule has 178 valence electrons. The monoisotopic (exact) mass is 484 g/mol. The predicted molar refractivity (Wildman–Crippen MR) is 126 cm³/mol. The number of hydrogen-bond acceptors (Lipinski definition) is 7. The van der Waals surface area contributed by atoms with Crippen LogP contribution in [0.5, 0.6) is 0 Å². The number of sulfonamides is 1. The molecule has 1 aliphatic heterocycles. The van der Waals surface area contributed by atoms with Crippen LogP contribution in [0, 0.1) is 5.82 Å². The van der Waals surface area contributed by atoms with Gasteiger partial charge >= 0.3 is 0 Å². The Labute approximate surface area is 197 Å². The van der Waals surface area contributed by atoms with Gasteiger partial charge in [0.05, 0.1) is 6.04 Å². The molecule has 0 bridgehead atoms. The molecular formula is C24H25FN4O4S. The van der Waals surface area contributed by atoms with Crippen LogP contribution in [-0.2, 0) is 14.8 Å². The quantitative estimate of drug-likeness (QED) is 0.553. The Balaban J connectivity index is 1.64. The molecule has 34 heavy (non-hydrogen) atoms. The Morgan fingerprint density at radius 1 is 1.12 bits per heavy atom. The first-order chi connectivity index (χ1) is 16.2. The highest BCUT2D eigenvalue weighted by Crippen LogP contribution is 2.39. The van der Waals surface area contributed by atoms with Gasteiger partial charge in [-0.3, -0.25) is 0 Å². The average Bonchev–Trinajstić information content (AvgIpc) is 2.79. The predicted octanol–water partition coefficient (Wildman–Crippen LogP) is 3.53. The highest BCUT2D eigenvalue weighted by molar-refractivity contribution is 7.90. The van der Waals surface area contributed by atoms with Gasteiger partial charge in [-0.15, -0.1) is 0 Å². The van der Waals surface area contributed by atoms with Crippen LogP contribution in [0.1, 0.15) is 42.7 Å². The normalized spacial score (nSPS) is 20.8. The molecule has 1 fully saturated rings. The van der Waals surface area contributed by atoms with Gasteiger partial charge in [-0.05, 0) is 37.5 Å². The van der Waals surface area contributed by atoms with Crippen molar-refractivity contribution in [2.24, 2.45) is 4.99 Å². The number of halogens is 1. The number of hydrogen-bond donors (Lipinski definition) is 2. The van der Waals surface area contributed by atoms with E-state index in [1.54, 1.807) is 68.7 Å². The standard InChI is InChI=1S/C24H25FN4O4S/c1-24(2)22(17-9-7-16(8-10-17)18-13-26-15-27-14-18)34(31,32)29-23(33-24)28-21(11-12-30)19-5-3-4-6-20(19)25/h3-10,13-15,21-22,30H,11-12H2,1-2H3,(H,28,29). The SMILES string of the molecule is CC1(C)OC(=NC(CCO)c2ccccc2F)NS(=O)(=O)C1c1ccc(-c2cncnc2)cc1. The molecule has 0 radical (unpaired) electrons. The van der Waals surface area contributed by atoms with Gasteiger partial charge in [-0.1, -0.05) is 42.5 Å². The lowest BCUT2D eigenvalue weighted by Crippen LogP contribution is -2.53. The summed E-state index contributed by atoms with van der Waals surface area (Å²) in [6, 6.07) is 12.1. The molecule has 8 nitrogen and oxygen atoms in total. The van der Waals surface area contributed by atoms with Crippen LogP contribution < -0.4 is 4.72 Å². The number of amidine groups is 1. The molecule has 0 saturated carbocycles. The zero-order valence-electron chi connectivity index (χ0n) is 18.7. The van der Waals surface area contributed by atoms with E-state index in [-0.39, 0.29) is 24.6 Å².